The minimum Gasteiger partial charge on any atom is -0.493 e. The number of ether oxygens (including phenoxy) is 3. The Morgan fingerprint density at radius 3 is 2.69 bits per heavy atom. The first-order valence-electron chi connectivity index (χ1n) is 7.84. The number of carbonyl (C=O) groups is 1. The van der Waals surface area contributed by atoms with E-state index in [1.54, 1.807) is 33.5 Å². The van der Waals surface area contributed by atoms with Gasteiger partial charge in [0.05, 0.1) is 37.9 Å². The van der Waals surface area contributed by atoms with E-state index in [4.69, 9.17) is 14.2 Å². The second-order valence-electron chi connectivity index (χ2n) is 5.27. The molecule has 1 aromatic carbocycles. The molecule has 9 heteroatoms. The Hall–Kier alpha value is -2.55. The van der Waals surface area contributed by atoms with Crippen molar-refractivity contribution in [1.29, 1.82) is 0 Å². The fourth-order valence-electron chi connectivity index (χ4n) is 2.23. The molecule has 0 aliphatic heterocycles. The fourth-order valence-corrected chi connectivity index (χ4v) is 2.54. The van der Waals surface area contributed by atoms with Gasteiger partial charge < -0.3 is 24.8 Å². The van der Waals surface area contributed by atoms with Crippen LogP contribution in [0.5, 0.6) is 17.4 Å². The van der Waals surface area contributed by atoms with Crippen molar-refractivity contribution in [3.63, 3.8) is 0 Å². The van der Waals surface area contributed by atoms with Gasteiger partial charge in [0.25, 0.3) is 0 Å². The van der Waals surface area contributed by atoms with Gasteiger partial charge in [-0.05, 0) is 34.5 Å². The van der Waals surface area contributed by atoms with Crippen molar-refractivity contribution in [2.24, 2.45) is 0 Å². The van der Waals surface area contributed by atoms with Gasteiger partial charge in [0.1, 0.15) is 0 Å². The van der Waals surface area contributed by atoms with Gasteiger partial charge in [0.2, 0.25) is 17.7 Å². The van der Waals surface area contributed by atoms with Crippen LogP contribution in [0.25, 0.3) is 0 Å². The summed E-state index contributed by atoms with van der Waals surface area (Å²) >= 11 is 3.34. The molecule has 2 rings (SSSR count). The van der Waals surface area contributed by atoms with E-state index in [9.17, 15) is 4.79 Å². The Balaban J connectivity index is 2.16. The summed E-state index contributed by atoms with van der Waals surface area (Å²) in [7, 11) is 4.75. The zero-order valence-corrected chi connectivity index (χ0v) is 16.6. The molecule has 1 heterocycles. The lowest BCUT2D eigenvalue weighted by atomic mass is 10.2. The highest BCUT2D eigenvalue weighted by Gasteiger charge is 2.12. The van der Waals surface area contributed by atoms with E-state index in [1.807, 2.05) is 13.0 Å². The van der Waals surface area contributed by atoms with E-state index < -0.39 is 0 Å². The minimum absolute atomic E-state index is 0.102. The molecule has 0 aliphatic rings. The number of methoxy groups -OCH3 is 2. The van der Waals surface area contributed by atoms with Crippen molar-refractivity contribution in [3.8, 4) is 17.4 Å². The molecule has 26 heavy (non-hydrogen) atoms. The Labute approximate surface area is 160 Å². The number of carbonyl (C=O) groups excluding carboxylic acids is 1. The Kier molecular flexibility index (Phi) is 7.02. The molecular formula is C17H21BrN4O4. The van der Waals surface area contributed by atoms with E-state index in [-0.39, 0.29) is 18.9 Å². The predicted molar refractivity (Wildman–Crippen MR) is 101 cm³/mol. The number of hydrogen-bond donors (Lipinski definition) is 2. The lowest BCUT2D eigenvalue weighted by molar-refractivity contribution is -0.121. The number of anilines is 2. The topological polar surface area (TPSA) is 94.6 Å². The Bertz CT molecular complexity index is 786. The van der Waals surface area contributed by atoms with Crippen molar-refractivity contribution in [1.82, 2.24) is 15.3 Å². The van der Waals surface area contributed by atoms with Crippen molar-refractivity contribution >= 4 is 33.5 Å². The van der Waals surface area contributed by atoms with Crippen LogP contribution in [0.2, 0.25) is 0 Å². The number of rotatable bonds is 8. The maximum absolute atomic E-state index is 11.3. The summed E-state index contributed by atoms with van der Waals surface area (Å²) in [6, 6.07) is 3.70. The molecule has 0 bridgehead atoms. The van der Waals surface area contributed by atoms with E-state index in [0.717, 1.165) is 11.3 Å². The summed E-state index contributed by atoms with van der Waals surface area (Å²) in [5, 5.41) is 5.65. The van der Waals surface area contributed by atoms with Crippen molar-refractivity contribution in [2.45, 2.75) is 13.3 Å². The summed E-state index contributed by atoms with van der Waals surface area (Å²) in [5.74, 6) is 1.88. The summed E-state index contributed by atoms with van der Waals surface area (Å²) in [5.41, 5.74) is 1.66. The predicted octanol–water partition coefficient (Wildman–Crippen LogP) is 2.82. The number of hydrogen-bond acceptors (Lipinski definition) is 7. The maximum Gasteiger partial charge on any atom is 0.232 e. The first kappa shape index (κ1) is 19.8. The standard InChI is InChI=1S/C17H21BrN4O4/c1-10-7-11(8-13(24-3)15(10)25-4)21-17-20-9-12(18)16(22-17)26-6-5-14(23)19-2/h7-9H,5-6H2,1-4H3,(H,19,23)(H,20,21,22). The molecule has 0 spiro atoms. The van der Waals surface area contributed by atoms with Crippen molar-refractivity contribution in [2.75, 3.05) is 33.2 Å². The summed E-state index contributed by atoms with van der Waals surface area (Å²) < 4.78 is 16.8. The monoisotopic (exact) mass is 424 g/mol. The van der Waals surface area contributed by atoms with Crippen LogP contribution in [-0.4, -0.2) is 43.7 Å². The second kappa shape index (κ2) is 9.23. The van der Waals surface area contributed by atoms with Crippen LogP contribution in [0.1, 0.15) is 12.0 Å². The lowest BCUT2D eigenvalue weighted by Gasteiger charge is -2.14. The molecule has 0 atom stereocenters. The number of nitrogens with one attached hydrogen (secondary N) is 2. The molecule has 2 aromatic rings. The normalized spacial score (nSPS) is 10.2. The molecule has 0 saturated heterocycles. The Morgan fingerprint density at radius 1 is 1.27 bits per heavy atom. The smallest absolute Gasteiger partial charge is 0.232 e. The second-order valence-corrected chi connectivity index (χ2v) is 6.13. The van der Waals surface area contributed by atoms with Gasteiger partial charge in [-0.25, -0.2) is 4.98 Å². The van der Waals surface area contributed by atoms with Crippen LogP contribution in [0.15, 0.2) is 22.8 Å². The molecule has 0 aliphatic carbocycles. The molecular weight excluding hydrogens is 404 g/mol. The van der Waals surface area contributed by atoms with Gasteiger partial charge in [-0.3, -0.25) is 4.79 Å². The van der Waals surface area contributed by atoms with E-state index in [1.165, 1.54) is 0 Å². The fraction of sp³-hybridized carbons (Fsp3) is 0.353. The highest BCUT2D eigenvalue weighted by atomic mass is 79.9. The third kappa shape index (κ3) is 4.98. The van der Waals surface area contributed by atoms with Crippen molar-refractivity contribution < 1.29 is 19.0 Å². The number of nitrogens with zero attached hydrogens (tertiary/aromatic N) is 2. The van der Waals surface area contributed by atoms with Crippen LogP contribution in [-0.2, 0) is 4.79 Å². The average Bonchev–Trinajstić information content (AvgIpc) is 2.63. The van der Waals surface area contributed by atoms with E-state index >= 15 is 0 Å². The van der Waals surface area contributed by atoms with Crippen LogP contribution in [0.4, 0.5) is 11.6 Å². The van der Waals surface area contributed by atoms with Gasteiger partial charge in [-0.1, -0.05) is 0 Å². The van der Waals surface area contributed by atoms with E-state index in [2.05, 4.69) is 36.5 Å². The van der Waals surface area contributed by atoms with Gasteiger partial charge in [0.15, 0.2) is 11.5 Å². The van der Waals surface area contributed by atoms with Gasteiger partial charge in [-0.2, -0.15) is 4.98 Å². The number of amides is 1. The molecule has 1 amide bonds. The zero-order valence-electron chi connectivity index (χ0n) is 15.1. The van der Waals surface area contributed by atoms with Gasteiger partial charge in [0, 0.05) is 18.8 Å². The van der Waals surface area contributed by atoms with Gasteiger partial charge >= 0.3 is 0 Å². The summed E-state index contributed by atoms with van der Waals surface area (Å²) in [6.07, 6.45) is 1.82. The third-order valence-corrected chi connectivity index (χ3v) is 4.02. The lowest BCUT2D eigenvalue weighted by Crippen LogP contribution is -2.20. The zero-order chi connectivity index (χ0) is 19.1. The molecule has 0 unspecified atom stereocenters. The highest BCUT2D eigenvalue weighted by molar-refractivity contribution is 9.10. The maximum atomic E-state index is 11.3. The van der Waals surface area contributed by atoms with Crippen LogP contribution >= 0.6 is 15.9 Å². The van der Waals surface area contributed by atoms with E-state index in [0.29, 0.717) is 27.8 Å². The first-order valence-corrected chi connectivity index (χ1v) is 8.63. The molecule has 0 saturated carbocycles. The quantitative estimate of drug-likeness (QED) is 0.672. The number of benzene rings is 1. The van der Waals surface area contributed by atoms with Crippen LogP contribution in [0, 0.1) is 6.92 Å². The molecule has 1 aromatic heterocycles. The minimum atomic E-state index is -0.102. The van der Waals surface area contributed by atoms with Crippen molar-refractivity contribution in [3.05, 3.63) is 28.4 Å². The van der Waals surface area contributed by atoms with Crippen LogP contribution in [0.3, 0.4) is 0 Å². The number of aryl methyl sites for hydroxylation is 1. The average molecular weight is 425 g/mol. The SMILES string of the molecule is CNC(=O)CCOc1nc(Nc2cc(C)c(OC)c(OC)c2)ncc1Br. The highest BCUT2D eigenvalue weighted by Crippen LogP contribution is 2.35. The van der Waals surface area contributed by atoms with Gasteiger partial charge in [-0.15, -0.1) is 0 Å². The summed E-state index contributed by atoms with van der Waals surface area (Å²) in [4.78, 5) is 19.8. The first-order chi connectivity index (χ1) is 12.5. The molecule has 8 nitrogen and oxygen atoms in total. The number of aromatic nitrogens is 2. The summed E-state index contributed by atoms with van der Waals surface area (Å²) in [6.45, 7) is 2.13. The molecule has 0 fully saturated rings. The largest absolute Gasteiger partial charge is 0.493 e. The molecule has 2 N–H and O–H groups in total. The number of halogens is 1. The third-order valence-electron chi connectivity index (χ3n) is 3.48. The Morgan fingerprint density at radius 2 is 2.04 bits per heavy atom. The molecule has 0 radical (unpaired) electrons. The van der Waals surface area contributed by atoms with Crippen LogP contribution < -0.4 is 24.8 Å². The molecule has 140 valence electrons.